The van der Waals surface area contributed by atoms with Crippen molar-refractivity contribution in [2.24, 2.45) is 5.73 Å². The number of nitrogens with zero attached hydrogens (tertiary/aromatic N) is 2. The molecule has 21 heavy (non-hydrogen) atoms. The van der Waals surface area contributed by atoms with Crippen molar-refractivity contribution in [2.75, 3.05) is 6.61 Å². The third-order valence-electron chi connectivity index (χ3n) is 3.83. The minimum atomic E-state index is -0.308. The molecule has 0 unspecified atom stereocenters. The lowest BCUT2D eigenvalue weighted by molar-refractivity contribution is 0.0526. The van der Waals surface area contributed by atoms with Crippen LogP contribution in [0.1, 0.15) is 47.4 Å². The molecule has 2 aromatic rings. The van der Waals surface area contributed by atoms with E-state index in [1.165, 1.54) is 0 Å². The quantitative estimate of drug-likeness (QED) is 0.879. The van der Waals surface area contributed by atoms with Crippen molar-refractivity contribution < 1.29 is 9.53 Å². The van der Waals surface area contributed by atoms with Crippen LogP contribution in [-0.2, 0) is 11.2 Å². The Morgan fingerprint density at radius 3 is 3.19 bits per heavy atom. The van der Waals surface area contributed by atoms with E-state index < -0.39 is 0 Å². The summed E-state index contributed by atoms with van der Waals surface area (Å²) in [5.41, 5.74) is 9.80. The lowest BCUT2D eigenvalue weighted by Crippen LogP contribution is -2.18. The predicted octanol–water partition coefficient (Wildman–Crippen LogP) is 2.39. The molecular formula is C16H19N3O2. The van der Waals surface area contributed by atoms with E-state index in [1.807, 2.05) is 29.1 Å². The molecule has 0 fully saturated rings. The van der Waals surface area contributed by atoms with Gasteiger partial charge < -0.3 is 10.5 Å². The van der Waals surface area contributed by atoms with Gasteiger partial charge in [-0.1, -0.05) is 6.07 Å². The van der Waals surface area contributed by atoms with Crippen LogP contribution < -0.4 is 5.73 Å². The van der Waals surface area contributed by atoms with Crippen molar-refractivity contribution in [3.05, 3.63) is 47.3 Å². The minimum Gasteiger partial charge on any atom is -0.462 e. The number of hydrogen-bond acceptors (Lipinski definition) is 4. The molecule has 2 N–H and O–H groups in total. The second-order valence-corrected chi connectivity index (χ2v) is 5.23. The van der Waals surface area contributed by atoms with Gasteiger partial charge in [-0.2, -0.15) is 5.10 Å². The zero-order valence-corrected chi connectivity index (χ0v) is 12.1. The largest absolute Gasteiger partial charge is 0.462 e. The van der Waals surface area contributed by atoms with Crippen molar-refractivity contribution in [2.45, 2.75) is 32.2 Å². The van der Waals surface area contributed by atoms with Crippen LogP contribution >= 0.6 is 0 Å². The zero-order chi connectivity index (χ0) is 14.8. The van der Waals surface area contributed by atoms with Crippen LogP contribution in [0.15, 0.2) is 30.5 Å². The maximum atomic E-state index is 11.8. The first-order valence-corrected chi connectivity index (χ1v) is 7.30. The third kappa shape index (κ3) is 2.56. The van der Waals surface area contributed by atoms with Crippen LogP contribution in [-0.4, -0.2) is 22.4 Å². The number of esters is 1. The summed E-state index contributed by atoms with van der Waals surface area (Å²) < 4.78 is 6.93. The van der Waals surface area contributed by atoms with Gasteiger partial charge in [-0.3, -0.25) is 0 Å². The van der Waals surface area contributed by atoms with E-state index in [9.17, 15) is 4.79 Å². The molecular weight excluding hydrogens is 266 g/mol. The fourth-order valence-electron chi connectivity index (χ4n) is 2.79. The van der Waals surface area contributed by atoms with Gasteiger partial charge in [-0.05, 0) is 44.4 Å². The van der Waals surface area contributed by atoms with Gasteiger partial charge in [0.2, 0.25) is 0 Å². The Kier molecular flexibility index (Phi) is 3.75. The zero-order valence-electron chi connectivity index (χ0n) is 12.1. The van der Waals surface area contributed by atoms with E-state index in [0.29, 0.717) is 12.2 Å². The molecule has 1 aliphatic carbocycles. The Bertz CT molecular complexity index is 663. The molecule has 1 atom stereocenters. The van der Waals surface area contributed by atoms with E-state index in [2.05, 4.69) is 5.10 Å². The van der Waals surface area contributed by atoms with Gasteiger partial charge in [0.1, 0.15) is 0 Å². The second-order valence-electron chi connectivity index (χ2n) is 5.23. The Balaban J connectivity index is 1.98. The molecule has 1 aliphatic rings. The number of rotatable bonds is 3. The standard InChI is InChI=1S/C16H19N3O2/c1-2-21-16(20)11-5-3-6-12(9-11)19-15-8-4-7-14(17)13(15)10-18-19/h3,5-6,9-10,14H,2,4,7-8,17H2,1H3/t14-/m0/s1. The van der Waals surface area contributed by atoms with Gasteiger partial charge in [0.25, 0.3) is 0 Å². The monoisotopic (exact) mass is 285 g/mol. The highest BCUT2D eigenvalue weighted by atomic mass is 16.5. The van der Waals surface area contributed by atoms with Crippen molar-refractivity contribution in [3.63, 3.8) is 0 Å². The Hall–Kier alpha value is -2.14. The first-order chi connectivity index (χ1) is 10.2. The lowest BCUT2D eigenvalue weighted by atomic mass is 9.94. The molecule has 5 nitrogen and oxygen atoms in total. The van der Waals surface area contributed by atoms with Gasteiger partial charge in [0.05, 0.1) is 24.1 Å². The fourth-order valence-corrected chi connectivity index (χ4v) is 2.79. The number of carbonyl (C=O) groups excluding carboxylic acids is 1. The smallest absolute Gasteiger partial charge is 0.338 e. The second kappa shape index (κ2) is 5.69. The normalized spacial score (nSPS) is 17.3. The summed E-state index contributed by atoms with van der Waals surface area (Å²) in [5.74, 6) is -0.308. The van der Waals surface area contributed by atoms with Gasteiger partial charge in [-0.15, -0.1) is 0 Å². The maximum absolute atomic E-state index is 11.8. The van der Waals surface area contributed by atoms with Gasteiger partial charge >= 0.3 is 5.97 Å². The number of nitrogens with two attached hydrogens (primary N) is 1. The first kappa shape index (κ1) is 13.8. The molecule has 1 aromatic carbocycles. The third-order valence-corrected chi connectivity index (χ3v) is 3.83. The van der Waals surface area contributed by atoms with Crippen LogP contribution in [0.5, 0.6) is 0 Å². The van der Waals surface area contributed by atoms with Gasteiger partial charge in [0.15, 0.2) is 0 Å². The van der Waals surface area contributed by atoms with Gasteiger partial charge in [0, 0.05) is 17.3 Å². The highest BCUT2D eigenvalue weighted by Crippen LogP contribution is 2.29. The molecule has 0 amide bonds. The van der Waals surface area contributed by atoms with Crippen LogP contribution in [0.4, 0.5) is 0 Å². The van der Waals surface area contributed by atoms with Crippen molar-refractivity contribution >= 4 is 5.97 Å². The molecule has 3 rings (SSSR count). The van der Waals surface area contributed by atoms with E-state index >= 15 is 0 Å². The number of ether oxygens (including phenoxy) is 1. The van der Waals surface area contributed by atoms with E-state index in [1.54, 1.807) is 13.0 Å². The summed E-state index contributed by atoms with van der Waals surface area (Å²) in [6.45, 7) is 2.17. The first-order valence-electron chi connectivity index (χ1n) is 7.30. The lowest BCUT2D eigenvalue weighted by Gasteiger charge is -2.19. The van der Waals surface area contributed by atoms with Gasteiger partial charge in [-0.25, -0.2) is 9.48 Å². The molecule has 0 spiro atoms. The summed E-state index contributed by atoms with van der Waals surface area (Å²) in [5, 5.41) is 4.45. The number of carbonyl (C=O) groups is 1. The average molecular weight is 285 g/mol. The molecule has 0 bridgehead atoms. The Morgan fingerprint density at radius 1 is 1.52 bits per heavy atom. The van der Waals surface area contributed by atoms with E-state index in [-0.39, 0.29) is 12.0 Å². The molecule has 0 saturated carbocycles. The minimum absolute atomic E-state index is 0.0655. The number of hydrogen-bond donors (Lipinski definition) is 1. The number of benzene rings is 1. The molecule has 0 radical (unpaired) electrons. The summed E-state index contributed by atoms with van der Waals surface area (Å²) in [7, 11) is 0. The van der Waals surface area contributed by atoms with Crippen LogP contribution in [0.3, 0.4) is 0 Å². The molecule has 5 heteroatoms. The highest BCUT2D eigenvalue weighted by Gasteiger charge is 2.22. The molecule has 1 aromatic heterocycles. The van der Waals surface area contributed by atoms with Crippen molar-refractivity contribution in [3.8, 4) is 5.69 Å². The predicted molar refractivity (Wildman–Crippen MR) is 79.4 cm³/mol. The van der Waals surface area contributed by atoms with E-state index in [0.717, 1.165) is 36.2 Å². The highest BCUT2D eigenvalue weighted by molar-refractivity contribution is 5.90. The molecule has 0 saturated heterocycles. The van der Waals surface area contributed by atoms with Crippen LogP contribution in [0, 0.1) is 0 Å². The van der Waals surface area contributed by atoms with Crippen molar-refractivity contribution in [1.82, 2.24) is 9.78 Å². The van der Waals surface area contributed by atoms with Crippen molar-refractivity contribution in [1.29, 1.82) is 0 Å². The average Bonchev–Trinajstić information content (AvgIpc) is 2.93. The summed E-state index contributed by atoms with van der Waals surface area (Å²) in [6, 6.07) is 7.42. The topological polar surface area (TPSA) is 70.1 Å². The molecule has 0 aliphatic heterocycles. The SMILES string of the molecule is CCOC(=O)c1cccc(-n2ncc3c2CCC[C@@H]3N)c1. The fraction of sp³-hybridized carbons (Fsp3) is 0.375. The molecule has 110 valence electrons. The van der Waals surface area contributed by atoms with E-state index in [4.69, 9.17) is 10.5 Å². The van der Waals surface area contributed by atoms with Crippen LogP contribution in [0.25, 0.3) is 5.69 Å². The molecule has 1 heterocycles. The maximum Gasteiger partial charge on any atom is 0.338 e. The Labute approximate surface area is 123 Å². The number of fused-ring (bicyclic) bond motifs is 1. The summed E-state index contributed by atoms with van der Waals surface area (Å²) in [6.07, 6.45) is 4.88. The Morgan fingerprint density at radius 2 is 2.38 bits per heavy atom. The van der Waals surface area contributed by atoms with Crippen LogP contribution in [0.2, 0.25) is 0 Å². The number of aromatic nitrogens is 2. The summed E-state index contributed by atoms with van der Waals surface area (Å²) >= 11 is 0. The summed E-state index contributed by atoms with van der Waals surface area (Å²) in [4.78, 5) is 11.8.